The van der Waals surface area contributed by atoms with Crippen LogP contribution in [0.3, 0.4) is 0 Å². The molecule has 2 atom stereocenters. The van der Waals surface area contributed by atoms with E-state index >= 15 is 0 Å². The molecule has 7 nitrogen and oxygen atoms in total. The van der Waals surface area contributed by atoms with Crippen molar-refractivity contribution in [3.63, 3.8) is 0 Å². The number of rotatable bonds is 5. The number of nitrogens with zero attached hydrogens (tertiary/aromatic N) is 3. The zero-order valence-electron chi connectivity index (χ0n) is 22.5. The van der Waals surface area contributed by atoms with E-state index < -0.39 is 23.3 Å². The van der Waals surface area contributed by atoms with Crippen molar-refractivity contribution >= 4 is 17.4 Å². The Morgan fingerprint density at radius 2 is 1.62 bits per heavy atom. The molecule has 9 heteroatoms. The van der Waals surface area contributed by atoms with Crippen LogP contribution in [0.2, 0.25) is 0 Å². The first-order chi connectivity index (χ1) is 18.5. The number of anilines is 2. The van der Waals surface area contributed by atoms with Crippen molar-refractivity contribution in [3.8, 4) is 11.1 Å². The number of carbonyl (C=O) groups excluding carboxylic acids is 1. The minimum absolute atomic E-state index is 0.0604. The average Bonchev–Trinajstić information content (AvgIpc) is 2.84. The molecule has 2 aliphatic heterocycles. The second-order valence-electron chi connectivity index (χ2n) is 11.2. The van der Waals surface area contributed by atoms with Crippen molar-refractivity contribution in [1.29, 1.82) is 0 Å². The van der Waals surface area contributed by atoms with Gasteiger partial charge in [-0.25, -0.2) is 13.6 Å². The minimum atomic E-state index is -1.12. The largest absolute Gasteiger partial charge is 0.398 e. The number of urea groups is 1. The lowest BCUT2D eigenvalue weighted by Crippen LogP contribution is -2.65. The zero-order chi connectivity index (χ0) is 27.9. The molecular formula is C30H35F2N5O2. The molecule has 2 saturated heterocycles. The lowest BCUT2D eigenvalue weighted by atomic mass is 9.66. The second kappa shape index (κ2) is 10.6. The highest BCUT2D eigenvalue weighted by Crippen LogP contribution is 2.45. The number of nitrogens with one attached hydrogen (secondary N) is 1. The highest BCUT2D eigenvalue weighted by Gasteiger charge is 2.53. The highest BCUT2D eigenvalue weighted by molar-refractivity contribution is 5.89. The summed E-state index contributed by atoms with van der Waals surface area (Å²) < 4.78 is 27.2. The Bertz CT molecular complexity index is 1330. The van der Waals surface area contributed by atoms with Crippen molar-refractivity contribution in [2.75, 3.05) is 58.4 Å². The fraction of sp³-hybridized carbons (Fsp3) is 0.367. The van der Waals surface area contributed by atoms with Gasteiger partial charge >= 0.3 is 6.03 Å². The monoisotopic (exact) mass is 535 g/mol. The van der Waals surface area contributed by atoms with E-state index in [1.54, 1.807) is 4.90 Å². The van der Waals surface area contributed by atoms with E-state index in [-0.39, 0.29) is 17.5 Å². The van der Waals surface area contributed by atoms with E-state index in [9.17, 15) is 18.7 Å². The summed E-state index contributed by atoms with van der Waals surface area (Å²) in [5.74, 6) is -2.00. The fourth-order valence-corrected chi connectivity index (χ4v) is 6.16. The molecule has 206 valence electrons. The van der Waals surface area contributed by atoms with Crippen LogP contribution in [-0.4, -0.2) is 73.2 Å². The topological polar surface area (TPSA) is 85.1 Å². The standard InChI is InChI=1S/C30H35F2N5O2/c1-35(2)14-19-4-9-27(28(33)10-19)20-5-7-21(8-6-20)30(39)22-15-36(3)16-23(30)18-37(17-22)29(38)34-26-12-24(31)11-25(32)13-26/h4-13,22-23,39H,14-18,33H2,1-3H3,(H,34,38). The van der Waals surface area contributed by atoms with E-state index in [0.29, 0.717) is 31.9 Å². The number of benzene rings is 3. The lowest BCUT2D eigenvalue weighted by molar-refractivity contribution is -0.153. The number of halogens is 2. The molecule has 0 saturated carbocycles. The number of amides is 2. The van der Waals surface area contributed by atoms with E-state index in [1.165, 1.54) is 0 Å². The number of nitrogen functional groups attached to an aromatic ring is 1. The molecule has 0 radical (unpaired) electrons. The van der Waals surface area contributed by atoms with E-state index in [2.05, 4.69) is 21.2 Å². The summed E-state index contributed by atoms with van der Waals surface area (Å²) in [5.41, 5.74) is 9.89. The van der Waals surface area contributed by atoms with Gasteiger partial charge in [0.15, 0.2) is 0 Å². The van der Waals surface area contributed by atoms with Crippen LogP contribution in [0.5, 0.6) is 0 Å². The Balaban J connectivity index is 1.36. The van der Waals surface area contributed by atoms with E-state index in [4.69, 9.17) is 5.73 Å². The second-order valence-corrected chi connectivity index (χ2v) is 11.2. The number of piperidine rings is 2. The average molecular weight is 536 g/mol. The predicted octanol–water partition coefficient (Wildman–Crippen LogP) is 4.19. The van der Waals surface area contributed by atoms with Crippen molar-refractivity contribution in [2.45, 2.75) is 12.1 Å². The molecule has 2 aliphatic rings. The minimum Gasteiger partial charge on any atom is -0.398 e. The predicted molar refractivity (Wildman–Crippen MR) is 149 cm³/mol. The van der Waals surface area contributed by atoms with Gasteiger partial charge in [0.2, 0.25) is 0 Å². The number of fused-ring (bicyclic) bond motifs is 2. The quantitative estimate of drug-likeness (QED) is 0.427. The number of nitrogens with two attached hydrogens (primary N) is 1. The Labute approximate surface area is 227 Å². The van der Waals surface area contributed by atoms with Gasteiger partial charge in [-0.05, 0) is 56.0 Å². The third-order valence-electron chi connectivity index (χ3n) is 7.86. The number of carbonyl (C=O) groups is 1. The van der Waals surface area contributed by atoms with Gasteiger partial charge in [0.1, 0.15) is 17.2 Å². The van der Waals surface area contributed by atoms with E-state index in [0.717, 1.165) is 47.0 Å². The smallest absolute Gasteiger partial charge is 0.321 e. The summed E-state index contributed by atoms with van der Waals surface area (Å²) in [4.78, 5) is 18.9. The first-order valence-electron chi connectivity index (χ1n) is 13.1. The number of hydrogen-bond acceptors (Lipinski definition) is 5. The highest BCUT2D eigenvalue weighted by atomic mass is 19.1. The first-order valence-corrected chi connectivity index (χ1v) is 13.1. The maximum atomic E-state index is 13.6. The normalized spacial score (nSPS) is 23.2. The van der Waals surface area contributed by atoms with Crippen LogP contribution in [0, 0.1) is 23.5 Å². The van der Waals surface area contributed by atoms with Crippen molar-refractivity contribution < 1.29 is 18.7 Å². The van der Waals surface area contributed by atoms with E-state index in [1.807, 2.05) is 57.5 Å². The third-order valence-corrected chi connectivity index (χ3v) is 7.86. The molecule has 2 bridgehead atoms. The Morgan fingerprint density at radius 1 is 1.00 bits per heavy atom. The summed E-state index contributed by atoms with van der Waals surface area (Å²) in [6, 6.07) is 16.5. The first kappa shape index (κ1) is 27.1. The van der Waals surface area contributed by atoms with Gasteiger partial charge in [-0.15, -0.1) is 0 Å². The summed E-state index contributed by atoms with van der Waals surface area (Å²) in [5, 5.41) is 14.7. The molecule has 0 spiro atoms. The molecule has 2 heterocycles. The van der Waals surface area contributed by atoms with Crippen LogP contribution < -0.4 is 11.1 Å². The van der Waals surface area contributed by atoms with Gasteiger partial charge in [-0.3, -0.25) is 0 Å². The SMILES string of the molecule is CN(C)Cc1ccc(-c2ccc(C3(O)C4CN(C)CC3CN(C(=O)Nc3cc(F)cc(F)c3)C4)cc2)c(N)c1. The van der Waals surface area contributed by atoms with Crippen LogP contribution in [0.15, 0.2) is 60.7 Å². The van der Waals surface area contributed by atoms with Gasteiger partial charge in [-0.1, -0.05) is 36.4 Å². The molecule has 39 heavy (non-hydrogen) atoms. The van der Waals surface area contributed by atoms with Gasteiger partial charge in [0, 0.05) is 67.6 Å². The Kier molecular flexibility index (Phi) is 7.33. The number of aliphatic hydroxyl groups is 1. The van der Waals surface area contributed by atoms with Crippen molar-refractivity contribution in [1.82, 2.24) is 14.7 Å². The van der Waals surface area contributed by atoms with Crippen molar-refractivity contribution in [3.05, 3.63) is 83.4 Å². The molecule has 4 N–H and O–H groups in total. The molecular weight excluding hydrogens is 500 g/mol. The van der Waals surface area contributed by atoms with Crippen LogP contribution in [0.1, 0.15) is 11.1 Å². The molecule has 2 fully saturated rings. The lowest BCUT2D eigenvalue weighted by Gasteiger charge is -2.55. The van der Waals surface area contributed by atoms with Crippen LogP contribution >= 0.6 is 0 Å². The van der Waals surface area contributed by atoms with Gasteiger partial charge in [0.25, 0.3) is 0 Å². The molecule has 0 aliphatic carbocycles. The van der Waals surface area contributed by atoms with Crippen LogP contribution in [0.4, 0.5) is 25.0 Å². The zero-order valence-corrected chi connectivity index (χ0v) is 22.5. The maximum Gasteiger partial charge on any atom is 0.321 e. The number of likely N-dealkylation sites (tertiary alicyclic amines) is 2. The van der Waals surface area contributed by atoms with Gasteiger partial charge in [-0.2, -0.15) is 0 Å². The summed E-state index contributed by atoms with van der Waals surface area (Å²) in [6.07, 6.45) is 0. The van der Waals surface area contributed by atoms with Crippen LogP contribution in [0.25, 0.3) is 11.1 Å². The number of hydrogen-bond donors (Lipinski definition) is 3. The molecule has 3 aromatic rings. The van der Waals surface area contributed by atoms with Gasteiger partial charge < -0.3 is 30.9 Å². The Morgan fingerprint density at radius 3 is 2.18 bits per heavy atom. The Hall–Kier alpha value is -3.53. The molecule has 2 amide bonds. The molecule has 3 aromatic carbocycles. The molecule has 2 unspecified atom stereocenters. The third kappa shape index (κ3) is 5.48. The summed E-state index contributed by atoms with van der Waals surface area (Å²) in [7, 11) is 6.04. The maximum absolute atomic E-state index is 13.6. The molecule has 5 rings (SSSR count). The van der Waals surface area contributed by atoms with Crippen molar-refractivity contribution in [2.24, 2.45) is 11.8 Å². The summed E-state index contributed by atoms with van der Waals surface area (Å²) >= 11 is 0. The van der Waals surface area contributed by atoms with Gasteiger partial charge in [0.05, 0.1) is 0 Å². The molecule has 0 aromatic heterocycles. The summed E-state index contributed by atoms with van der Waals surface area (Å²) in [6.45, 7) is 2.63. The van der Waals surface area contributed by atoms with Crippen LogP contribution in [-0.2, 0) is 12.1 Å². The fourth-order valence-electron chi connectivity index (χ4n) is 6.16.